The largest absolute Gasteiger partial charge is 0.495 e. The van der Waals surface area contributed by atoms with Crippen LogP contribution in [-0.2, 0) is 10.0 Å². The molecular weight excluding hydrogens is 518 g/mol. The number of benzene rings is 4. The fourth-order valence-electron chi connectivity index (χ4n) is 4.61. The number of rotatable bonds is 7. The summed E-state index contributed by atoms with van der Waals surface area (Å²) < 4.78 is 33.5. The van der Waals surface area contributed by atoms with Gasteiger partial charge in [-0.15, -0.1) is 0 Å². The molecule has 0 saturated carbocycles. The second kappa shape index (κ2) is 10.2. The lowest BCUT2D eigenvalue weighted by Crippen LogP contribution is -2.49. The van der Waals surface area contributed by atoms with Gasteiger partial charge >= 0.3 is 6.03 Å². The van der Waals surface area contributed by atoms with Gasteiger partial charge in [0.05, 0.1) is 17.7 Å². The van der Waals surface area contributed by atoms with E-state index in [1.54, 1.807) is 60.7 Å². The number of aryl methyl sites for hydroxylation is 1. The van der Waals surface area contributed by atoms with E-state index in [0.29, 0.717) is 22.3 Å². The van der Waals surface area contributed by atoms with Crippen LogP contribution in [0.2, 0.25) is 0 Å². The number of ether oxygens (including phenoxy) is 1. The molecule has 0 spiro atoms. The average molecular weight is 544 g/mol. The molecule has 39 heavy (non-hydrogen) atoms. The Labute approximate surface area is 225 Å². The van der Waals surface area contributed by atoms with Crippen LogP contribution >= 0.6 is 0 Å². The smallest absolute Gasteiger partial charge is 0.335 e. The third-order valence-electron chi connectivity index (χ3n) is 6.58. The molecule has 4 aromatic carbocycles. The van der Waals surface area contributed by atoms with Crippen LogP contribution in [0.15, 0.2) is 89.8 Å². The number of para-hydroxylation sites is 2. The summed E-state index contributed by atoms with van der Waals surface area (Å²) in [5.41, 5.74) is 1.91. The van der Waals surface area contributed by atoms with Crippen molar-refractivity contribution in [3.63, 3.8) is 0 Å². The van der Waals surface area contributed by atoms with Crippen LogP contribution < -0.4 is 14.4 Å². The van der Waals surface area contributed by atoms with Crippen molar-refractivity contribution >= 4 is 44.3 Å². The number of nitrogens with zero attached hydrogens (tertiary/aromatic N) is 2. The molecule has 198 valence electrons. The van der Waals surface area contributed by atoms with Gasteiger partial charge in [-0.2, -0.15) is 0 Å². The molecular formula is C29H25N3O6S. The van der Waals surface area contributed by atoms with Crippen LogP contribution in [0.3, 0.4) is 0 Å². The molecule has 1 N–H and O–H groups in total. The van der Waals surface area contributed by atoms with Gasteiger partial charge in [-0.05, 0) is 48.7 Å². The third kappa shape index (κ3) is 4.82. The van der Waals surface area contributed by atoms with Gasteiger partial charge in [-0.1, -0.05) is 54.1 Å². The Bertz CT molecular complexity index is 1670. The van der Waals surface area contributed by atoms with Crippen molar-refractivity contribution in [2.24, 2.45) is 0 Å². The Morgan fingerprint density at radius 1 is 0.872 bits per heavy atom. The molecule has 0 fully saturated rings. The highest BCUT2D eigenvalue weighted by Crippen LogP contribution is 2.31. The Morgan fingerprint density at radius 2 is 1.49 bits per heavy atom. The van der Waals surface area contributed by atoms with E-state index < -0.39 is 27.9 Å². The molecule has 0 unspecified atom stereocenters. The minimum atomic E-state index is -4.21. The number of sulfonamides is 1. The van der Waals surface area contributed by atoms with Gasteiger partial charge in [-0.25, -0.2) is 17.9 Å². The van der Waals surface area contributed by atoms with Gasteiger partial charge in [0.1, 0.15) is 5.75 Å². The summed E-state index contributed by atoms with van der Waals surface area (Å²) in [6.45, 7) is 1.45. The minimum Gasteiger partial charge on any atom is -0.495 e. The quantitative estimate of drug-likeness (QED) is 0.347. The van der Waals surface area contributed by atoms with Crippen molar-refractivity contribution in [1.29, 1.82) is 0 Å². The van der Waals surface area contributed by atoms with E-state index in [1.165, 1.54) is 19.2 Å². The monoisotopic (exact) mass is 543 g/mol. The van der Waals surface area contributed by atoms with E-state index in [4.69, 9.17) is 4.74 Å². The first-order valence-corrected chi connectivity index (χ1v) is 13.6. The molecule has 1 heterocycles. The van der Waals surface area contributed by atoms with E-state index >= 15 is 0 Å². The molecule has 1 aliphatic rings. The SMILES string of the molecule is COc1ccccc1N(CCN1C(=O)c2cccc3cccc(c23)C1=O)C(=O)NS(=O)(=O)c1ccc(C)cc1. The number of anilines is 1. The molecule has 0 aromatic heterocycles. The van der Waals surface area contributed by atoms with Gasteiger partial charge in [0.15, 0.2) is 0 Å². The molecule has 0 aliphatic carbocycles. The topological polar surface area (TPSA) is 113 Å². The summed E-state index contributed by atoms with van der Waals surface area (Å²) in [6, 6.07) is 22.2. The van der Waals surface area contributed by atoms with Crippen LogP contribution in [0.25, 0.3) is 10.8 Å². The van der Waals surface area contributed by atoms with E-state index in [1.807, 2.05) is 19.1 Å². The van der Waals surface area contributed by atoms with Gasteiger partial charge in [0, 0.05) is 29.6 Å². The summed E-state index contributed by atoms with van der Waals surface area (Å²) >= 11 is 0. The first-order valence-electron chi connectivity index (χ1n) is 12.1. The lowest BCUT2D eigenvalue weighted by atomic mass is 9.94. The zero-order valence-corrected chi connectivity index (χ0v) is 22.1. The van der Waals surface area contributed by atoms with Crippen molar-refractivity contribution in [2.45, 2.75) is 11.8 Å². The lowest BCUT2D eigenvalue weighted by Gasteiger charge is -2.30. The highest BCUT2D eigenvalue weighted by molar-refractivity contribution is 7.90. The van der Waals surface area contributed by atoms with Crippen molar-refractivity contribution in [3.05, 3.63) is 102 Å². The molecule has 0 bridgehead atoms. The molecule has 5 rings (SSSR count). The molecule has 0 radical (unpaired) electrons. The number of hydrogen-bond acceptors (Lipinski definition) is 6. The number of methoxy groups -OCH3 is 1. The minimum absolute atomic E-state index is 0.0764. The molecule has 0 saturated heterocycles. The molecule has 4 aromatic rings. The maximum Gasteiger partial charge on any atom is 0.335 e. The van der Waals surface area contributed by atoms with Crippen molar-refractivity contribution in [3.8, 4) is 5.75 Å². The van der Waals surface area contributed by atoms with E-state index in [9.17, 15) is 22.8 Å². The number of carbonyl (C=O) groups is 3. The Hall–Kier alpha value is -4.70. The van der Waals surface area contributed by atoms with Gasteiger partial charge < -0.3 is 4.74 Å². The van der Waals surface area contributed by atoms with Gasteiger partial charge in [0.2, 0.25) is 0 Å². The van der Waals surface area contributed by atoms with Crippen molar-refractivity contribution < 1.29 is 27.5 Å². The second-order valence-corrected chi connectivity index (χ2v) is 10.7. The van der Waals surface area contributed by atoms with E-state index in [-0.39, 0.29) is 23.7 Å². The molecule has 10 heteroatoms. The Kier molecular flexibility index (Phi) is 6.80. The summed E-state index contributed by atoms with van der Waals surface area (Å²) in [5, 5.41) is 1.37. The lowest BCUT2D eigenvalue weighted by molar-refractivity contribution is 0.0614. The van der Waals surface area contributed by atoms with Crippen molar-refractivity contribution in [2.75, 3.05) is 25.1 Å². The molecule has 0 atom stereocenters. The normalized spacial score (nSPS) is 12.9. The van der Waals surface area contributed by atoms with Gasteiger partial charge in [0.25, 0.3) is 21.8 Å². The highest BCUT2D eigenvalue weighted by Gasteiger charge is 2.34. The van der Waals surface area contributed by atoms with Crippen LogP contribution in [0.1, 0.15) is 26.3 Å². The molecule has 9 nitrogen and oxygen atoms in total. The Balaban J connectivity index is 1.46. The predicted octanol–water partition coefficient (Wildman–Crippen LogP) is 4.36. The number of hydrogen-bond donors (Lipinski definition) is 1. The van der Waals surface area contributed by atoms with Crippen LogP contribution in [0, 0.1) is 6.92 Å². The van der Waals surface area contributed by atoms with Crippen LogP contribution in [0.5, 0.6) is 5.75 Å². The number of nitrogens with one attached hydrogen (secondary N) is 1. The Morgan fingerprint density at radius 3 is 2.10 bits per heavy atom. The number of amides is 4. The zero-order chi connectivity index (χ0) is 27.7. The summed E-state index contributed by atoms with van der Waals surface area (Å²) in [6.07, 6.45) is 0. The number of urea groups is 1. The first kappa shape index (κ1) is 25.9. The molecule has 4 amide bonds. The maximum absolute atomic E-state index is 13.4. The maximum atomic E-state index is 13.4. The molecule has 1 aliphatic heterocycles. The highest BCUT2D eigenvalue weighted by atomic mass is 32.2. The summed E-state index contributed by atoms with van der Waals surface area (Å²) in [5.74, 6) is -0.666. The van der Waals surface area contributed by atoms with Gasteiger partial charge in [-0.3, -0.25) is 19.4 Å². The second-order valence-electron chi connectivity index (χ2n) is 9.02. The zero-order valence-electron chi connectivity index (χ0n) is 21.2. The van der Waals surface area contributed by atoms with Crippen LogP contribution in [-0.4, -0.2) is 51.4 Å². The predicted molar refractivity (Wildman–Crippen MR) is 147 cm³/mol. The summed E-state index contributed by atoms with van der Waals surface area (Å²) in [7, 11) is -2.79. The van der Waals surface area contributed by atoms with E-state index in [2.05, 4.69) is 4.72 Å². The average Bonchev–Trinajstić information content (AvgIpc) is 2.93. The fourth-order valence-corrected chi connectivity index (χ4v) is 5.57. The third-order valence-corrected chi connectivity index (χ3v) is 7.91. The van der Waals surface area contributed by atoms with Crippen molar-refractivity contribution in [1.82, 2.24) is 9.62 Å². The number of imide groups is 1. The number of carbonyl (C=O) groups excluding carboxylic acids is 3. The van der Waals surface area contributed by atoms with Crippen LogP contribution in [0.4, 0.5) is 10.5 Å². The first-order chi connectivity index (χ1) is 18.7. The van der Waals surface area contributed by atoms with E-state index in [0.717, 1.165) is 20.7 Å². The fraction of sp³-hybridized carbons (Fsp3) is 0.138. The standard InChI is InChI=1S/C29H25N3O6S/c1-19-13-15-21(16-14-19)39(36,37)30-29(35)31(24-11-3-4-12-25(24)38-2)17-18-32-27(33)22-9-5-7-20-8-6-10-23(26(20)22)28(32)34/h3-16H,17-18H2,1-2H3,(H,30,35). The summed E-state index contributed by atoms with van der Waals surface area (Å²) in [4.78, 5) is 42.3.